The van der Waals surface area contributed by atoms with E-state index in [-0.39, 0.29) is 4.75 Å². The highest BCUT2D eigenvalue weighted by Gasteiger charge is 2.16. The summed E-state index contributed by atoms with van der Waals surface area (Å²) < 4.78 is 0.130. The van der Waals surface area contributed by atoms with Gasteiger partial charge in [0.25, 0.3) is 0 Å². The zero-order valence-electron chi connectivity index (χ0n) is 12.9. The molecule has 0 radical (unpaired) electrons. The molecule has 0 aliphatic heterocycles. The van der Waals surface area contributed by atoms with Crippen molar-refractivity contribution in [3.63, 3.8) is 0 Å². The van der Waals surface area contributed by atoms with Gasteiger partial charge in [-0.1, -0.05) is 62.7 Å². The lowest BCUT2D eigenvalue weighted by atomic mass is 10.1. The van der Waals surface area contributed by atoms with Crippen molar-refractivity contribution in [2.75, 3.05) is 0 Å². The topological polar surface area (TPSA) is 12.9 Å². The Hall–Kier alpha value is -1.51. The van der Waals surface area contributed by atoms with Gasteiger partial charge < -0.3 is 0 Å². The van der Waals surface area contributed by atoms with Crippen LogP contribution < -0.4 is 0 Å². The van der Waals surface area contributed by atoms with E-state index < -0.39 is 0 Å². The van der Waals surface area contributed by atoms with Gasteiger partial charge in [-0.2, -0.15) is 0 Å². The number of aromatic nitrogens is 1. The maximum Gasteiger partial charge on any atom is 0.0721 e. The lowest BCUT2D eigenvalue weighted by Crippen LogP contribution is -2.07. The molecule has 3 rings (SSSR count). The van der Waals surface area contributed by atoms with E-state index in [1.54, 1.807) is 0 Å². The molecule has 0 aliphatic carbocycles. The number of pyridine rings is 1. The number of thioether (sulfide) groups is 1. The fraction of sp³-hybridized carbons (Fsp3) is 0.211. The zero-order chi connectivity index (χ0) is 15.7. The lowest BCUT2D eigenvalue weighted by molar-refractivity contribution is 0.803. The minimum atomic E-state index is 0.130. The summed E-state index contributed by atoms with van der Waals surface area (Å²) in [6.07, 6.45) is 0. The first-order chi connectivity index (χ1) is 10.4. The maximum atomic E-state index is 6.18. The predicted molar refractivity (Wildman–Crippen MR) is 97.8 cm³/mol. The molecule has 0 aliphatic rings. The summed E-state index contributed by atoms with van der Waals surface area (Å²) in [7, 11) is 0. The molecule has 1 heterocycles. The predicted octanol–water partition coefficient (Wildman–Crippen LogP) is 6.45. The van der Waals surface area contributed by atoms with Crippen LogP contribution in [-0.2, 0) is 0 Å². The zero-order valence-corrected chi connectivity index (χ0v) is 14.5. The normalized spacial score (nSPS) is 11.8. The molecule has 1 aromatic heterocycles. The Labute approximate surface area is 140 Å². The molecule has 0 saturated heterocycles. The Bertz CT molecular complexity index is 807. The molecule has 0 amide bonds. The van der Waals surface area contributed by atoms with E-state index in [1.807, 2.05) is 48.2 Å². The van der Waals surface area contributed by atoms with Gasteiger partial charge in [0.15, 0.2) is 0 Å². The molecule has 0 spiro atoms. The molecular formula is C19H18ClNS. The second-order valence-electron chi connectivity index (χ2n) is 6.25. The van der Waals surface area contributed by atoms with Gasteiger partial charge in [-0.3, -0.25) is 0 Å². The van der Waals surface area contributed by atoms with Crippen LogP contribution in [0.2, 0.25) is 5.02 Å². The van der Waals surface area contributed by atoms with Crippen molar-refractivity contribution < 1.29 is 0 Å². The summed E-state index contributed by atoms with van der Waals surface area (Å²) in [5.74, 6) is 0. The van der Waals surface area contributed by atoms with Crippen molar-refractivity contribution in [1.82, 2.24) is 4.98 Å². The monoisotopic (exact) mass is 327 g/mol. The summed E-state index contributed by atoms with van der Waals surface area (Å²) in [4.78, 5) is 6.03. The Morgan fingerprint density at radius 2 is 1.68 bits per heavy atom. The number of hydrogen-bond donors (Lipinski definition) is 0. The molecule has 112 valence electrons. The van der Waals surface area contributed by atoms with Crippen LogP contribution in [0.15, 0.2) is 59.5 Å². The molecule has 3 heteroatoms. The number of fused-ring (bicyclic) bond motifs is 1. The third-order valence-corrected chi connectivity index (χ3v) is 4.62. The average molecular weight is 328 g/mol. The van der Waals surface area contributed by atoms with Crippen molar-refractivity contribution in [1.29, 1.82) is 0 Å². The smallest absolute Gasteiger partial charge is 0.0721 e. The van der Waals surface area contributed by atoms with Gasteiger partial charge in [0.05, 0.1) is 11.2 Å². The van der Waals surface area contributed by atoms with Gasteiger partial charge >= 0.3 is 0 Å². The van der Waals surface area contributed by atoms with Gasteiger partial charge in [-0.25, -0.2) is 4.98 Å². The highest BCUT2D eigenvalue weighted by molar-refractivity contribution is 8.00. The lowest BCUT2D eigenvalue weighted by Gasteiger charge is -2.19. The molecule has 0 atom stereocenters. The summed E-state index contributed by atoms with van der Waals surface area (Å²) in [5.41, 5.74) is 3.12. The van der Waals surface area contributed by atoms with Crippen LogP contribution in [0, 0.1) is 0 Å². The molecule has 0 N–H and O–H groups in total. The van der Waals surface area contributed by atoms with Gasteiger partial charge in [-0.05, 0) is 24.3 Å². The maximum absolute atomic E-state index is 6.18. The number of rotatable bonds is 2. The highest BCUT2D eigenvalue weighted by Crippen LogP contribution is 2.38. The number of benzene rings is 2. The van der Waals surface area contributed by atoms with Crippen molar-refractivity contribution in [2.24, 2.45) is 0 Å². The van der Waals surface area contributed by atoms with Gasteiger partial charge in [0, 0.05) is 25.6 Å². The van der Waals surface area contributed by atoms with Crippen molar-refractivity contribution >= 4 is 34.3 Å². The third-order valence-electron chi connectivity index (χ3n) is 3.22. The molecule has 3 aromatic rings. The van der Waals surface area contributed by atoms with E-state index in [0.717, 1.165) is 27.2 Å². The van der Waals surface area contributed by atoms with Crippen LogP contribution in [0.25, 0.3) is 22.2 Å². The Balaban J connectivity index is 2.22. The summed E-state index contributed by atoms with van der Waals surface area (Å²) in [6.45, 7) is 6.66. The Morgan fingerprint density at radius 3 is 2.36 bits per heavy atom. The summed E-state index contributed by atoms with van der Waals surface area (Å²) in [5, 5.41) is 1.87. The number of halogens is 1. The Morgan fingerprint density at radius 1 is 0.955 bits per heavy atom. The molecule has 0 unspecified atom stereocenters. The summed E-state index contributed by atoms with van der Waals surface area (Å²) >= 11 is 8.03. The van der Waals surface area contributed by atoms with Crippen LogP contribution in [0.3, 0.4) is 0 Å². The fourth-order valence-electron chi connectivity index (χ4n) is 2.34. The molecule has 0 fully saturated rings. The second-order valence-corrected chi connectivity index (χ2v) is 8.55. The first-order valence-corrected chi connectivity index (χ1v) is 8.46. The van der Waals surface area contributed by atoms with E-state index in [4.69, 9.17) is 16.6 Å². The minimum Gasteiger partial charge on any atom is -0.248 e. The van der Waals surface area contributed by atoms with Gasteiger partial charge in [0.1, 0.15) is 0 Å². The van der Waals surface area contributed by atoms with E-state index in [2.05, 4.69) is 39.0 Å². The average Bonchev–Trinajstić information content (AvgIpc) is 2.47. The third kappa shape index (κ3) is 3.45. The minimum absolute atomic E-state index is 0.130. The number of hydrogen-bond acceptors (Lipinski definition) is 2. The van der Waals surface area contributed by atoms with Crippen molar-refractivity contribution in [2.45, 2.75) is 30.4 Å². The van der Waals surface area contributed by atoms with Crippen LogP contribution in [0.4, 0.5) is 0 Å². The van der Waals surface area contributed by atoms with Crippen molar-refractivity contribution in [3.05, 3.63) is 59.6 Å². The second kappa shape index (κ2) is 5.94. The van der Waals surface area contributed by atoms with E-state index in [9.17, 15) is 0 Å². The molecule has 0 saturated carbocycles. The van der Waals surface area contributed by atoms with E-state index in [1.165, 1.54) is 4.90 Å². The molecule has 22 heavy (non-hydrogen) atoms. The van der Waals surface area contributed by atoms with Crippen LogP contribution in [0.5, 0.6) is 0 Å². The molecule has 0 bridgehead atoms. The van der Waals surface area contributed by atoms with Gasteiger partial charge in [0.2, 0.25) is 0 Å². The van der Waals surface area contributed by atoms with Gasteiger partial charge in [-0.15, -0.1) is 11.8 Å². The highest BCUT2D eigenvalue weighted by atomic mass is 35.5. The molecule has 1 nitrogen and oxygen atoms in total. The standard InChI is InChI=1S/C19H18ClNS/c1-19(2,3)22-18-12-17(13-7-5-4-6-8-13)21-16-10-9-14(20)11-15(16)18/h4-12H,1-3H3. The SMILES string of the molecule is CC(C)(C)Sc1cc(-c2ccccc2)nc2ccc(Cl)cc12. The summed E-state index contributed by atoms with van der Waals surface area (Å²) in [6, 6.07) is 18.4. The van der Waals surface area contributed by atoms with Crippen LogP contribution in [-0.4, -0.2) is 9.73 Å². The largest absolute Gasteiger partial charge is 0.248 e. The van der Waals surface area contributed by atoms with Crippen molar-refractivity contribution in [3.8, 4) is 11.3 Å². The first-order valence-electron chi connectivity index (χ1n) is 7.27. The van der Waals surface area contributed by atoms with Crippen LogP contribution >= 0.6 is 23.4 Å². The number of nitrogens with zero attached hydrogens (tertiary/aromatic N) is 1. The van der Waals surface area contributed by atoms with Crippen LogP contribution in [0.1, 0.15) is 20.8 Å². The quantitative estimate of drug-likeness (QED) is 0.502. The Kier molecular flexibility index (Phi) is 4.16. The van der Waals surface area contributed by atoms with E-state index in [0.29, 0.717) is 0 Å². The fourth-order valence-corrected chi connectivity index (χ4v) is 3.61. The molecular weight excluding hydrogens is 310 g/mol. The van der Waals surface area contributed by atoms with E-state index >= 15 is 0 Å². The first kappa shape index (κ1) is 15.4. The molecule has 2 aromatic carbocycles.